The van der Waals surface area contributed by atoms with Crippen molar-refractivity contribution in [2.75, 3.05) is 65.9 Å². The second-order valence-corrected chi connectivity index (χ2v) is 6.92. The molecule has 0 aliphatic carbocycles. The Morgan fingerprint density at radius 3 is 1.84 bits per heavy atom. The first kappa shape index (κ1) is 27.7. The molecule has 182 valence electrons. The predicted molar refractivity (Wildman–Crippen MR) is 113 cm³/mol. The van der Waals surface area contributed by atoms with Gasteiger partial charge in [0.2, 0.25) is 5.91 Å². The van der Waals surface area contributed by atoms with Crippen LogP contribution in [0.1, 0.15) is 32.1 Å². The summed E-state index contributed by atoms with van der Waals surface area (Å²) in [6, 6.07) is 0. The Bertz CT molecular complexity index is 592. The van der Waals surface area contributed by atoms with Gasteiger partial charge in [0, 0.05) is 31.7 Å². The smallest absolute Gasteiger partial charge is 0.305 e. The van der Waals surface area contributed by atoms with Gasteiger partial charge in [-0.15, -0.1) is 0 Å². The average Bonchev–Trinajstić information content (AvgIpc) is 3.08. The first-order chi connectivity index (χ1) is 15.5. The first-order valence-electron chi connectivity index (χ1n) is 10.8. The van der Waals surface area contributed by atoms with Crippen LogP contribution in [-0.2, 0) is 38.1 Å². The molecule has 3 amide bonds. The number of carboxylic acid groups (broad SMARTS) is 1. The second-order valence-electron chi connectivity index (χ2n) is 6.92. The highest BCUT2D eigenvalue weighted by Crippen LogP contribution is 2.07. The van der Waals surface area contributed by atoms with Crippen LogP contribution in [0.3, 0.4) is 0 Å². The lowest BCUT2D eigenvalue weighted by molar-refractivity contribution is -0.139. The Hall–Kier alpha value is -2.34. The molecular weight excluding hydrogens is 424 g/mol. The van der Waals surface area contributed by atoms with E-state index in [2.05, 4.69) is 5.32 Å². The zero-order chi connectivity index (χ0) is 23.4. The lowest BCUT2D eigenvalue weighted by Gasteiger charge is -2.13. The summed E-state index contributed by atoms with van der Waals surface area (Å²) in [5.41, 5.74) is 0. The van der Waals surface area contributed by atoms with Crippen LogP contribution in [0.4, 0.5) is 0 Å². The zero-order valence-corrected chi connectivity index (χ0v) is 18.4. The van der Waals surface area contributed by atoms with Gasteiger partial charge in [-0.05, 0) is 12.8 Å². The maximum absolute atomic E-state index is 11.7. The summed E-state index contributed by atoms with van der Waals surface area (Å²) in [5.74, 6) is -1.49. The van der Waals surface area contributed by atoms with E-state index >= 15 is 0 Å². The van der Waals surface area contributed by atoms with E-state index in [0.29, 0.717) is 78.6 Å². The van der Waals surface area contributed by atoms with Gasteiger partial charge in [-0.2, -0.15) is 0 Å². The maximum atomic E-state index is 11.7. The SMILES string of the molecule is O=C(O)CCOCCOCCOCCOCCNC(=O)CCCCCN1C(=O)C=CC1=O. The lowest BCUT2D eigenvalue weighted by Crippen LogP contribution is -2.31. The maximum Gasteiger partial charge on any atom is 0.305 e. The number of imide groups is 1. The summed E-state index contributed by atoms with van der Waals surface area (Å²) in [6.45, 7) is 3.78. The van der Waals surface area contributed by atoms with Crippen molar-refractivity contribution in [3.63, 3.8) is 0 Å². The Morgan fingerprint density at radius 1 is 0.750 bits per heavy atom. The summed E-state index contributed by atoms with van der Waals surface area (Å²) >= 11 is 0. The predicted octanol–water partition coefficient (Wildman–Crippen LogP) is 0.129. The number of carboxylic acids is 1. The number of hydrogen-bond acceptors (Lipinski definition) is 8. The molecule has 2 N–H and O–H groups in total. The van der Waals surface area contributed by atoms with Crippen LogP contribution in [0, 0.1) is 0 Å². The molecule has 11 heteroatoms. The third-order valence-corrected chi connectivity index (χ3v) is 4.33. The van der Waals surface area contributed by atoms with Gasteiger partial charge in [0.05, 0.1) is 59.3 Å². The molecule has 0 saturated heterocycles. The molecule has 0 unspecified atom stereocenters. The van der Waals surface area contributed by atoms with Crippen molar-refractivity contribution in [3.8, 4) is 0 Å². The van der Waals surface area contributed by atoms with Crippen molar-refractivity contribution in [2.45, 2.75) is 32.1 Å². The van der Waals surface area contributed by atoms with Gasteiger partial charge in [-0.3, -0.25) is 24.1 Å². The fourth-order valence-corrected chi connectivity index (χ4v) is 2.66. The van der Waals surface area contributed by atoms with Crippen LogP contribution >= 0.6 is 0 Å². The molecule has 0 bridgehead atoms. The molecule has 0 spiro atoms. The number of carbonyl (C=O) groups excluding carboxylic acids is 3. The summed E-state index contributed by atoms with van der Waals surface area (Å²) in [4.78, 5) is 46.0. The van der Waals surface area contributed by atoms with Crippen LogP contribution < -0.4 is 5.32 Å². The highest BCUT2D eigenvalue weighted by Gasteiger charge is 2.22. The molecule has 0 radical (unpaired) electrons. The molecule has 1 aliphatic heterocycles. The zero-order valence-electron chi connectivity index (χ0n) is 18.4. The quantitative estimate of drug-likeness (QED) is 0.181. The summed E-state index contributed by atoms with van der Waals surface area (Å²) < 4.78 is 21.1. The standard InChI is InChI=1S/C21H34N2O9/c24-18(4-2-1-3-9-23-19(25)5-6-20(23)26)22-8-11-30-13-15-32-17-16-31-14-12-29-10-7-21(27)28/h5-6H,1-4,7-17H2,(H,22,24)(H,27,28). The summed E-state index contributed by atoms with van der Waals surface area (Å²) in [5, 5.41) is 11.2. The molecule has 1 aliphatic rings. The van der Waals surface area contributed by atoms with E-state index in [1.807, 2.05) is 0 Å². The van der Waals surface area contributed by atoms with Crippen molar-refractivity contribution in [1.29, 1.82) is 0 Å². The van der Waals surface area contributed by atoms with Gasteiger partial charge in [-0.25, -0.2) is 0 Å². The van der Waals surface area contributed by atoms with Gasteiger partial charge in [0.25, 0.3) is 11.8 Å². The molecule has 1 rings (SSSR count). The first-order valence-corrected chi connectivity index (χ1v) is 10.8. The van der Waals surface area contributed by atoms with E-state index in [-0.39, 0.29) is 30.7 Å². The number of hydrogen-bond donors (Lipinski definition) is 2. The molecule has 0 atom stereocenters. The lowest BCUT2D eigenvalue weighted by atomic mass is 10.2. The van der Waals surface area contributed by atoms with E-state index < -0.39 is 5.97 Å². The Morgan fingerprint density at radius 2 is 1.28 bits per heavy atom. The molecule has 0 aromatic rings. The number of rotatable bonds is 21. The summed E-state index contributed by atoms with van der Waals surface area (Å²) in [7, 11) is 0. The molecule has 11 nitrogen and oxygen atoms in total. The average molecular weight is 459 g/mol. The molecule has 32 heavy (non-hydrogen) atoms. The van der Waals surface area contributed by atoms with Crippen LogP contribution in [0.2, 0.25) is 0 Å². The van der Waals surface area contributed by atoms with Gasteiger partial charge in [-0.1, -0.05) is 6.42 Å². The van der Waals surface area contributed by atoms with Crippen molar-refractivity contribution < 1.29 is 43.2 Å². The summed E-state index contributed by atoms with van der Waals surface area (Å²) in [6.07, 6.45) is 5.06. The number of nitrogens with zero attached hydrogens (tertiary/aromatic N) is 1. The number of unbranched alkanes of at least 4 members (excludes halogenated alkanes) is 2. The Labute approximate surface area is 188 Å². The normalized spacial score (nSPS) is 13.2. The van der Waals surface area contributed by atoms with Crippen molar-refractivity contribution in [1.82, 2.24) is 10.2 Å². The van der Waals surface area contributed by atoms with Crippen molar-refractivity contribution in [3.05, 3.63) is 12.2 Å². The van der Waals surface area contributed by atoms with Crippen LogP contribution in [0.5, 0.6) is 0 Å². The minimum absolute atomic E-state index is 0.0158. The largest absolute Gasteiger partial charge is 0.481 e. The van der Waals surface area contributed by atoms with Crippen molar-refractivity contribution in [2.24, 2.45) is 0 Å². The number of carbonyl (C=O) groups is 4. The van der Waals surface area contributed by atoms with Crippen LogP contribution in [-0.4, -0.2) is 99.6 Å². The monoisotopic (exact) mass is 458 g/mol. The number of amides is 3. The highest BCUT2D eigenvalue weighted by atomic mass is 16.6. The van der Waals surface area contributed by atoms with E-state index in [4.69, 9.17) is 24.1 Å². The fourth-order valence-electron chi connectivity index (χ4n) is 2.66. The number of ether oxygens (including phenoxy) is 4. The van der Waals surface area contributed by atoms with Gasteiger partial charge in [0.15, 0.2) is 0 Å². The Kier molecular flexibility index (Phi) is 15.8. The number of nitrogens with one attached hydrogen (secondary N) is 1. The van der Waals surface area contributed by atoms with Crippen molar-refractivity contribution >= 4 is 23.7 Å². The minimum Gasteiger partial charge on any atom is -0.481 e. The van der Waals surface area contributed by atoms with Gasteiger partial charge in [0.1, 0.15) is 0 Å². The van der Waals surface area contributed by atoms with Crippen LogP contribution in [0.25, 0.3) is 0 Å². The third-order valence-electron chi connectivity index (χ3n) is 4.33. The molecular formula is C21H34N2O9. The molecule has 0 aromatic heterocycles. The van der Waals surface area contributed by atoms with E-state index in [1.54, 1.807) is 0 Å². The molecule has 0 fully saturated rings. The van der Waals surface area contributed by atoms with E-state index in [1.165, 1.54) is 17.1 Å². The topological polar surface area (TPSA) is 141 Å². The van der Waals surface area contributed by atoms with E-state index in [9.17, 15) is 19.2 Å². The minimum atomic E-state index is -0.887. The fraction of sp³-hybridized carbons (Fsp3) is 0.714. The van der Waals surface area contributed by atoms with E-state index in [0.717, 1.165) is 6.42 Å². The van der Waals surface area contributed by atoms with Crippen LogP contribution in [0.15, 0.2) is 12.2 Å². The van der Waals surface area contributed by atoms with Gasteiger partial charge >= 0.3 is 5.97 Å². The molecule has 1 heterocycles. The molecule has 0 aromatic carbocycles. The third kappa shape index (κ3) is 14.6. The highest BCUT2D eigenvalue weighted by molar-refractivity contribution is 6.12. The second kappa shape index (κ2) is 18.3. The number of aliphatic carboxylic acids is 1. The Balaban J connectivity index is 1.77. The molecule has 0 saturated carbocycles. The van der Waals surface area contributed by atoms with Gasteiger partial charge < -0.3 is 29.4 Å².